The summed E-state index contributed by atoms with van der Waals surface area (Å²) in [6.07, 6.45) is 0. The molecule has 6 nitrogen and oxygen atoms in total. The van der Waals surface area contributed by atoms with Crippen molar-refractivity contribution in [3.8, 4) is 5.75 Å². The normalized spacial score (nSPS) is 12.3. The van der Waals surface area contributed by atoms with Gasteiger partial charge in [0.1, 0.15) is 11.8 Å². The third-order valence-corrected chi connectivity index (χ3v) is 4.13. The predicted octanol–water partition coefficient (Wildman–Crippen LogP) is 2.87. The lowest BCUT2D eigenvalue weighted by Gasteiger charge is -2.14. The van der Waals surface area contributed by atoms with Crippen LogP contribution in [0.15, 0.2) is 30.3 Å². The first kappa shape index (κ1) is 16.1. The largest absolute Gasteiger partial charge is 0.497 e. The van der Waals surface area contributed by atoms with E-state index in [2.05, 4.69) is 15.4 Å². The number of aryl methyl sites for hydroxylation is 2. The monoisotopic (exact) mass is 326 g/mol. The van der Waals surface area contributed by atoms with E-state index in [0.29, 0.717) is 6.54 Å². The topological polar surface area (TPSA) is 71.9 Å². The van der Waals surface area contributed by atoms with Crippen molar-refractivity contribution < 1.29 is 9.53 Å². The molecule has 0 spiro atoms. The van der Waals surface area contributed by atoms with Gasteiger partial charge in [0, 0.05) is 22.3 Å². The summed E-state index contributed by atoms with van der Waals surface area (Å²) in [7, 11) is 1.65. The number of hydrogen-bond donors (Lipinski definition) is 2. The first-order chi connectivity index (χ1) is 11.5. The second-order valence-corrected chi connectivity index (χ2v) is 6.01. The van der Waals surface area contributed by atoms with E-state index < -0.39 is 0 Å². The molecule has 3 rings (SSSR count). The van der Waals surface area contributed by atoms with Crippen molar-refractivity contribution in [2.45, 2.75) is 33.4 Å². The standard InChI is InChI=1S/C18H22N4O2/c1-11-7-12(2)22(21-11)13(3)18(23)19-10-15-8-14-9-16(24-4)5-6-17(14)20-15/h5-9,13,20H,10H2,1-4H3,(H,19,23)/t13-/m0/s1. The van der Waals surface area contributed by atoms with Crippen LogP contribution in [0.3, 0.4) is 0 Å². The summed E-state index contributed by atoms with van der Waals surface area (Å²) in [5, 5.41) is 8.40. The van der Waals surface area contributed by atoms with Gasteiger partial charge in [-0.25, -0.2) is 0 Å². The van der Waals surface area contributed by atoms with Crippen LogP contribution < -0.4 is 10.1 Å². The summed E-state index contributed by atoms with van der Waals surface area (Å²) in [5.41, 5.74) is 3.86. The van der Waals surface area contributed by atoms with Crippen LogP contribution in [0.2, 0.25) is 0 Å². The van der Waals surface area contributed by atoms with Gasteiger partial charge in [0.15, 0.2) is 0 Å². The SMILES string of the molecule is COc1ccc2[nH]c(CNC(=O)[C@H](C)n3nc(C)cc3C)cc2c1. The summed E-state index contributed by atoms with van der Waals surface area (Å²) in [6.45, 7) is 6.17. The highest BCUT2D eigenvalue weighted by atomic mass is 16.5. The van der Waals surface area contributed by atoms with Crippen molar-refractivity contribution in [3.63, 3.8) is 0 Å². The molecule has 0 aliphatic carbocycles. The average Bonchev–Trinajstić information content (AvgIpc) is 3.13. The van der Waals surface area contributed by atoms with Gasteiger partial charge < -0.3 is 15.0 Å². The minimum atomic E-state index is -0.344. The number of hydrogen-bond acceptors (Lipinski definition) is 3. The number of aromatic nitrogens is 3. The molecule has 2 heterocycles. The highest BCUT2D eigenvalue weighted by Crippen LogP contribution is 2.21. The van der Waals surface area contributed by atoms with Crippen LogP contribution >= 0.6 is 0 Å². The van der Waals surface area contributed by atoms with E-state index in [-0.39, 0.29) is 11.9 Å². The van der Waals surface area contributed by atoms with Crippen molar-refractivity contribution >= 4 is 16.8 Å². The third-order valence-electron chi connectivity index (χ3n) is 4.13. The molecule has 2 N–H and O–H groups in total. The van der Waals surface area contributed by atoms with E-state index in [4.69, 9.17) is 4.74 Å². The summed E-state index contributed by atoms with van der Waals surface area (Å²) >= 11 is 0. The summed E-state index contributed by atoms with van der Waals surface area (Å²) in [4.78, 5) is 15.7. The van der Waals surface area contributed by atoms with E-state index in [1.165, 1.54) is 0 Å². The number of ether oxygens (including phenoxy) is 1. The fraction of sp³-hybridized carbons (Fsp3) is 0.333. The average molecular weight is 326 g/mol. The van der Waals surface area contributed by atoms with Gasteiger partial charge >= 0.3 is 0 Å². The molecule has 1 aromatic carbocycles. The fourth-order valence-corrected chi connectivity index (χ4v) is 2.87. The minimum absolute atomic E-state index is 0.0579. The summed E-state index contributed by atoms with van der Waals surface area (Å²) < 4.78 is 6.98. The van der Waals surface area contributed by atoms with Gasteiger partial charge in [-0.3, -0.25) is 9.48 Å². The molecule has 0 fully saturated rings. The molecule has 3 aromatic rings. The molecule has 0 saturated carbocycles. The van der Waals surface area contributed by atoms with E-state index in [9.17, 15) is 4.79 Å². The van der Waals surface area contributed by atoms with E-state index in [1.54, 1.807) is 11.8 Å². The Kier molecular flexibility index (Phi) is 4.29. The Hall–Kier alpha value is -2.76. The Morgan fingerprint density at radius 3 is 2.79 bits per heavy atom. The van der Waals surface area contributed by atoms with Gasteiger partial charge in [-0.2, -0.15) is 5.10 Å². The molecule has 0 bridgehead atoms. The number of nitrogens with one attached hydrogen (secondary N) is 2. The first-order valence-electron chi connectivity index (χ1n) is 7.94. The smallest absolute Gasteiger partial charge is 0.244 e. The van der Waals surface area contributed by atoms with Crippen LogP contribution in [0.25, 0.3) is 10.9 Å². The summed E-state index contributed by atoms with van der Waals surface area (Å²) in [6, 6.07) is 9.49. The Morgan fingerprint density at radius 2 is 2.12 bits per heavy atom. The molecule has 0 unspecified atom stereocenters. The fourth-order valence-electron chi connectivity index (χ4n) is 2.87. The van der Waals surface area contributed by atoms with Crippen LogP contribution in [0.5, 0.6) is 5.75 Å². The van der Waals surface area contributed by atoms with Crippen LogP contribution in [0.4, 0.5) is 0 Å². The van der Waals surface area contributed by atoms with Gasteiger partial charge in [-0.05, 0) is 51.1 Å². The Bertz CT molecular complexity index is 878. The Labute approximate surface area is 140 Å². The molecule has 0 saturated heterocycles. The second-order valence-electron chi connectivity index (χ2n) is 6.01. The zero-order valence-corrected chi connectivity index (χ0v) is 14.4. The van der Waals surface area contributed by atoms with Crippen LogP contribution in [0.1, 0.15) is 30.0 Å². The molecule has 2 aromatic heterocycles. The van der Waals surface area contributed by atoms with Crippen LogP contribution in [-0.4, -0.2) is 27.8 Å². The van der Waals surface area contributed by atoms with E-state index >= 15 is 0 Å². The predicted molar refractivity (Wildman–Crippen MR) is 93.1 cm³/mol. The van der Waals surface area contributed by atoms with Crippen molar-refractivity contribution in [1.82, 2.24) is 20.1 Å². The van der Waals surface area contributed by atoms with E-state index in [1.807, 2.05) is 51.1 Å². The van der Waals surface area contributed by atoms with Gasteiger partial charge in [0.2, 0.25) is 5.91 Å². The van der Waals surface area contributed by atoms with Gasteiger partial charge in [-0.1, -0.05) is 0 Å². The lowest BCUT2D eigenvalue weighted by atomic mass is 10.2. The summed E-state index contributed by atoms with van der Waals surface area (Å²) in [5.74, 6) is 0.757. The van der Waals surface area contributed by atoms with Crippen molar-refractivity contribution in [2.24, 2.45) is 0 Å². The molecule has 1 amide bonds. The number of rotatable bonds is 5. The number of amides is 1. The second kappa shape index (κ2) is 6.39. The molecular weight excluding hydrogens is 304 g/mol. The third kappa shape index (κ3) is 3.13. The molecule has 6 heteroatoms. The molecular formula is C18H22N4O2. The molecule has 126 valence electrons. The van der Waals surface area contributed by atoms with Crippen molar-refractivity contribution in [2.75, 3.05) is 7.11 Å². The number of carbonyl (C=O) groups is 1. The van der Waals surface area contributed by atoms with Gasteiger partial charge in [-0.15, -0.1) is 0 Å². The number of methoxy groups -OCH3 is 1. The zero-order valence-electron chi connectivity index (χ0n) is 14.4. The van der Waals surface area contributed by atoms with Crippen molar-refractivity contribution in [1.29, 1.82) is 0 Å². The first-order valence-corrected chi connectivity index (χ1v) is 7.94. The molecule has 24 heavy (non-hydrogen) atoms. The van der Waals surface area contributed by atoms with Gasteiger partial charge in [0.05, 0.1) is 19.3 Å². The number of benzene rings is 1. The zero-order chi connectivity index (χ0) is 17.3. The highest BCUT2D eigenvalue weighted by molar-refractivity contribution is 5.83. The van der Waals surface area contributed by atoms with Crippen molar-refractivity contribution in [3.05, 3.63) is 47.4 Å². The maximum Gasteiger partial charge on any atom is 0.244 e. The lowest BCUT2D eigenvalue weighted by Crippen LogP contribution is -2.31. The lowest BCUT2D eigenvalue weighted by molar-refractivity contribution is -0.124. The maximum absolute atomic E-state index is 12.4. The van der Waals surface area contributed by atoms with Gasteiger partial charge in [0.25, 0.3) is 0 Å². The number of H-pyrrole nitrogens is 1. The number of nitrogens with zero attached hydrogens (tertiary/aromatic N) is 2. The van der Waals surface area contributed by atoms with E-state index in [0.717, 1.165) is 33.7 Å². The molecule has 0 radical (unpaired) electrons. The van der Waals surface area contributed by atoms with Crippen LogP contribution in [0, 0.1) is 13.8 Å². The number of aromatic amines is 1. The number of carbonyl (C=O) groups excluding carboxylic acids is 1. The molecule has 0 aliphatic rings. The maximum atomic E-state index is 12.4. The molecule has 1 atom stereocenters. The Balaban J connectivity index is 1.68. The molecule has 0 aliphatic heterocycles. The Morgan fingerprint density at radius 1 is 1.33 bits per heavy atom. The van der Waals surface area contributed by atoms with Crippen LogP contribution in [-0.2, 0) is 11.3 Å². The highest BCUT2D eigenvalue weighted by Gasteiger charge is 2.17. The number of fused-ring (bicyclic) bond motifs is 1. The quantitative estimate of drug-likeness (QED) is 0.757. The minimum Gasteiger partial charge on any atom is -0.497 e.